The number of amides is 1. The predicted octanol–water partition coefficient (Wildman–Crippen LogP) is 4.90. The first-order valence-electron chi connectivity index (χ1n) is 9.71. The summed E-state index contributed by atoms with van der Waals surface area (Å²) in [6.07, 6.45) is -0.628. The number of carbonyl (C=O) groups is 1. The van der Waals surface area contributed by atoms with Crippen LogP contribution in [0.2, 0.25) is 0 Å². The van der Waals surface area contributed by atoms with Crippen LogP contribution >= 0.6 is 0 Å². The molecule has 0 bridgehead atoms. The van der Waals surface area contributed by atoms with Crippen molar-refractivity contribution in [2.24, 2.45) is 11.8 Å². The fraction of sp³-hybridized carbons (Fsp3) is 0.700. The number of pyridine rings is 1. The van der Waals surface area contributed by atoms with Crippen LogP contribution in [0.25, 0.3) is 0 Å². The molecular formula is C20H27F3N2O3. The van der Waals surface area contributed by atoms with Crippen LogP contribution < -0.4 is 4.74 Å². The SMILES string of the molecule is CC(C)(C)OC(=O)N1CC[C@H](C(Oc2cccnc2C(F)(F)F)C2CCC2)C1. The number of ether oxygens (including phenoxy) is 2. The normalized spacial score (nSPS) is 21.9. The fourth-order valence-corrected chi connectivity index (χ4v) is 3.74. The summed E-state index contributed by atoms with van der Waals surface area (Å²) in [5.41, 5.74) is -1.59. The van der Waals surface area contributed by atoms with Crippen molar-refractivity contribution in [2.45, 2.75) is 64.3 Å². The zero-order valence-electron chi connectivity index (χ0n) is 16.5. The van der Waals surface area contributed by atoms with Gasteiger partial charge in [-0.3, -0.25) is 0 Å². The van der Waals surface area contributed by atoms with Crippen LogP contribution in [0.5, 0.6) is 5.75 Å². The Morgan fingerprint density at radius 3 is 2.50 bits per heavy atom. The number of nitrogens with zero attached hydrogens (tertiary/aromatic N) is 2. The lowest BCUT2D eigenvalue weighted by atomic mass is 9.76. The van der Waals surface area contributed by atoms with E-state index in [9.17, 15) is 18.0 Å². The first-order valence-corrected chi connectivity index (χ1v) is 9.71. The van der Waals surface area contributed by atoms with Gasteiger partial charge in [-0.05, 0) is 58.1 Å². The second kappa shape index (κ2) is 7.79. The first-order chi connectivity index (χ1) is 13.0. The number of halogens is 3. The van der Waals surface area contributed by atoms with Crippen molar-refractivity contribution in [2.75, 3.05) is 13.1 Å². The molecular weight excluding hydrogens is 373 g/mol. The highest BCUT2D eigenvalue weighted by atomic mass is 19.4. The highest BCUT2D eigenvalue weighted by molar-refractivity contribution is 5.68. The third-order valence-corrected chi connectivity index (χ3v) is 5.26. The Morgan fingerprint density at radius 1 is 1.21 bits per heavy atom. The Morgan fingerprint density at radius 2 is 1.93 bits per heavy atom. The van der Waals surface area contributed by atoms with Gasteiger partial charge in [-0.2, -0.15) is 13.2 Å². The third kappa shape index (κ3) is 4.89. The van der Waals surface area contributed by atoms with Gasteiger partial charge in [-0.25, -0.2) is 9.78 Å². The van der Waals surface area contributed by atoms with E-state index in [4.69, 9.17) is 9.47 Å². The van der Waals surface area contributed by atoms with Gasteiger partial charge in [0.1, 0.15) is 11.7 Å². The molecule has 8 heteroatoms. The number of hydrogen-bond donors (Lipinski definition) is 0. The number of rotatable bonds is 4. The van der Waals surface area contributed by atoms with Crippen LogP contribution in [-0.2, 0) is 10.9 Å². The molecule has 1 saturated carbocycles. The molecule has 2 aliphatic rings. The molecule has 1 aliphatic carbocycles. The second-order valence-electron chi connectivity index (χ2n) is 8.60. The fourth-order valence-electron chi connectivity index (χ4n) is 3.74. The minimum absolute atomic E-state index is 0.0286. The molecule has 1 aromatic rings. The highest BCUT2D eigenvalue weighted by Crippen LogP contribution is 2.41. The molecule has 2 fully saturated rings. The molecule has 2 atom stereocenters. The molecule has 1 amide bonds. The Bertz CT molecular complexity index is 699. The monoisotopic (exact) mass is 400 g/mol. The average Bonchev–Trinajstić information content (AvgIpc) is 3.00. The van der Waals surface area contributed by atoms with Gasteiger partial charge in [0.25, 0.3) is 0 Å². The van der Waals surface area contributed by atoms with E-state index in [2.05, 4.69) is 4.98 Å². The van der Waals surface area contributed by atoms with Crippen molar-refractivity contribution >= 4 is 6.09 Å². The molecule has 0 N–H and O–H groups in total. The van der Waals surface area contributed by atoms with Crippen molar-refractivity contribution in [3.63, 3.8) is 0 Å². The summed E-state index contributed by atoms with van der Waals surface area (Å²) in [5, 5.41) is 0. The lowest BCUT2D eigenvalue weighted by molar-refractivity contribution is -0.143. The lowest BCUT2D eigenvalue weighted by Gasteiger charge is -2.37. The summed E-state index contributed by atoms with van der Waals surface area (Å²) in [6, 6.07) is 2.77. The van der Waals surface area contributed by atoms with Crippen LogP contribution in [-0.4, -0.2) is 40.8 Å². The molecule has 5 nitrogen and oxygen atoms in total. The summed E-state index contributed by atoms with van der Waals surface area (Å²) in [7, 11) is 0. The quantitative estimate of drug-likeness (QED) is 0.721. The molecule has 1 saturated heterocycles. The van der Waals surface area contributed by atoms with Crippen LogP contribution in [0.4, 0.5) is 18.0 Å². The summed E-state index contributed by atoms with van der Waals surface area (Å²) in [5.74, 6) is -0.0633. The van der Waals surface area contributed by atoms with Crippen LogP contribution in [0.1, 0.15) is 52.1 Å². The molecule has 1 unspecified atom stereocenters. The molecule has 0 spiro atoms. The number of hydrogen-bond acceptors (Lipinski definition) is 4. The van der Waals surface area contributed by atoms with E-state index in [0.29, 0.717) is 19.5 Å². The molecule has 3 rings (SSSR count). The van der Waals surface area contributed by atoms with Crippen molar-refractivity contribution in [1.29, 1.82) is 0 Å². The maximum Gasteiger partial charge on any atom is 0.437 e. The zero-order valence-corrected chi connectivity index (χ0v) is 16.5. The van der Waals surface area contributed by atoms with E-state index in [1.54, 1.807) is 25.7 Å². The van der Waals surface area contributed by atoms with Gasteiger partial charge < -0.3 is 14.4 Å². The van der Waals surface area contributed by atoms with Crippen LogP contribution in [0, 0.1) is 11.8 Å². The maximum atomic E-state index is 13.3. The van der Waals surface area contributed by atoms with Crippen molar-refractivity contribution in [3.05, 3.63) is 24.0 Å². The van der Waals surface area contributed by atoms with Gasteiger partial charge >= 0.3 is 12.3 Å². The molecule has 0 radical (unpaired) electrons. The number of likely N-dealkylation sites (tertiary alicyclic amines) is 1. The molecule has 0 aromatic carbocycles. The van der Waals surface area contributed by atoms with Crippen molar-refractivity contribution in [3.8, 4) is 5.75 Å². The molecule has 28 heavy (non-hydrogen) atoms. The van der Waals surface area contributed by atoms with Crippen LogP contribution in [0.3, 0.4) is 0 Å². The number of alkyl halides is 3. The predicted molar refractivity (Wildman–Crippen MR) is 96.9 cm³/mol. The van der Waals surface area contributed by atoms with Crippen molar-refractivity contribution < 1.29 is 27.4 Å². The largest absolute Gasteiger partial charge is 0.488 e. The van der Waals surface area contributed by atoms with Gasteiger partial charge in [-0.1, -0.05) is 6.42 Å². The minimum atomic E-state index is -4.57. The first kappa shape index (κ1) is 20.7. The topological polar surface area (TPSA) is 51.7 Å². The Labute approximate surface area is 163 Å². The Hall–Kier alpha value is -1.99. The van der Waals surface area contributed by atoms with E-state index >= 15 is 0 Å². The molecule has 1 aromatic heterocycles. The summed E-state index contributed by atoms with van der Waals surface area (Å²) >= 11 is 0. The van der Waals surface area contributed by atoms with Gasteiger partial charge in [-0.15, -0.1) is 0 Å². The molecule has 1 aliphatic heterocycles. The second-order valence-corrected chi connectivity index (χ2v) is 8.60. The van der Waals surface area contributed by atoms with Gasteiger partial charge in [0.15, 0.2) is 11.4 Å². The molecule has 156 valence electrons. The number of carbonyl (C=O) groups excluding carboxylic acids is 1. The van der Waals surface area contributed by atoms with E-state index in [-0.39, 0.29) is 29.8 Å². The van der Waals surface area contributed by atoms with E-state index in [1.807, 2.05) is 0 Å². The van der Waals surface area contributed by atoms with Crippen molar-refractivity contribution in [1.82, 2.24) is 9.88 Å². The lowest BCUT2D eigenvalue weighted by Crippen LogP contribution is -2.41. The Kier molecular flexibility index (Phi) is 5.77. The highest BCUT2D eigenvalue weighted by Gasteiger charge is 2.43. The van der Waals surface area contributed by atoms with Gasteiger partial charge in [0.2, 0.25) is 0 Å². The van der Waals surface area contributed by atoms with Crippen LogP contribution in [0.15, 0.2) is 18.3 Å². The van der Waals surface area contributed by atoms with E-state index in [1.165, 1.54) is 12.1 Å². The van der Waals surface area contributed by atoms with E-state index in [0.717, 1.165) is 25.5 Å². The molecule has 2 heterocycles. The average molecular weight is 400 g/mol. The summed E-state index contributed by atoms with van der Waals surface area (Å²) in [6.45, 7) is 6.36. The maximum absolute atomic E-state index is 13.3. The van der Waals surface area contributed by atoms with Gasteiger partial charge in [0.05, 0.1) is 0 Å². The number of aromatic nitrogens is 1. The minimum Gasteiger partial charge on any atom is -0.488 e. The third-order valence-electron chi connectivity index (χ3n) is 5.26. The standard InChI is InChI=1S/C20H27F3N2O3/c1-19(2,3)28-18(26)25-11-9-14(12-25)16(13-6-4-7-13)27-15-8-5-10-24-17(15)20(21,22)23/h5,8,10,13-14,16H,4,6-7,9,11-12H2,1-3H3/t14-,16?/m0/s1. The zero-order chi connectivity index (χ0) is 20.5. The summed E-state index contributed by atoms with van der Waals surface area (Å²) < 4.78 is 51.2. The van der Waals surface area contributed by atoms with Gasteiger partial charge in [0, 0.05) is 25.2 Å². The Balaban J connectivity index is 1.74. The summed E-state index contributed by atoms with van der Waals surface area (Å²) in [4.78, 5) is 17.4. The smallest absolute Gasteiger partial charge is 0.437 e. The van der Waals surface area contributed by atoms with E-state index < -0.39 is 17.5 Å².